The summed E-state index contributed by atoms with van der Waals surface area (Å²) in [6.45, 7) is 4.82. The molecule has 0 saturated carbocycles. The molecule has 0 aromatic heterocycles. The minimum atomic E-state index is -3.69. The van der Waals surface area contributed by atoms with Crippen LogP contribution in [0.15, 0.2) is 17.0 Å². The van der Waals surface area contributed by atoms with E-state index in [-0.39, 0.29) is 21.5 Å². The van der Waals surface area contributed by atoms with Gasteiger partial charge in [-0.25, -0.2) is 8.42 Å². The van der Waals surface area contributed by atoms with Crippen molar-refractivity contribution in [1.82, 2.24) is 4.31 Å². The van der Waals surface area contributed by atoms with Crippen molar-refractivity contribution in [2.45, 2.75) is 31.8 Å². The molecule has 21 heavy (non-hydrogen) atoms. The molecule has 4 nitrogen and oxygen atoms in total. The highest BCUT2D eigenvalue weighted by Crippen LogP contribution is 2.34. The lowest BCUT2D eigenvalue weighted by molar-refractivity contribution is 0.281. The Kier molecular flexibility index (Phi) is 5.21. The maximum absolute atomic E-state index is 12.7. The molecule has 1 N–H and O–H groups in total. The van der Waals surface area contributed by atoms with Crippen molar-refractivity contribution in [2.75, 3.05) is 13.1 Å². The summed E-state index contributed by atoms with van der Waals surface area (Å²) >= 11 is 12.1. The molecule has 1 saturated heterocycles. The Morgan fingerprint density at radius 3 is 2.57 bits per heavy atom. The Morgan fingerprint density at radius 1 is 1.38 bits per heavy atom. The van der Waals surface area contributed by atoms with E-state index in [9.17, 15) is 13.5 Å². The minimum Gasteiger partial charge on any atom is -0.392 e. The van der Waals surface area contributed by atoms with Gasteiger partial charge in [-0.15, -0.1) is 0 Å². The Morgan fingerprint density at radius 2 is 2.05 bits per heavy atom. The van der Waals surface area contributed by atoms with Crippen LogP contribution in [0.1, 0.15) is 25.8 Å². The monoisotopic (exact) mass is 351 g/mol. The van der Waals surface area contributed by atoms with Crippen LogP contribution in [0, 0.1) is 11.8 Å². The Hall–Kier alpha value is -0.330. The molecule has 1 aromatic rings. The van der Waals surface area contributed by atoms with Crippen molar-refractivity contribution in [2.24, 2.45) is 11.8 Å². The summed E-state index contributed by atoms with van der Waals surface area (Å²) in [4.78, 5) is -0.0230. The first kappa shape index (κ1) is 17.0. The van der Waals surface area contributed by atoms with Crippen molar-refractivity contribution in [3.63, 3.8) is 0 Å². The summed E-state index contributed by atoms with van der Waals surface area (Å²) in [7, 11) is -3.69. The first-order chi connectivity index (χ1) is 9.77. The number of benzene rings is 1. The van der Waals surface area contributed by atoms with Crippen LogP contribution < -0.4 is 0 Å². The number of hydrogen-bond acceptors (Lipinski definition) is 3. The van der Waals surface area contributed by atoms with E-state index in [1.807, 2.05) is 0 Å². The fraction of sp³-hybridized carbons (Fsp3) is 0.571. The molecule has 1 atom stereocenters. The van der Waals surface area contributed by atoms with Crippen molar-refractivity contribution in [3.05, 3.63) is 27.7 Å². The topological polar surface area (TPSA) is 57.6 Å². The second kappa shape index (κ2) is 6.42. The Labute approximate surface area is 135 Å². The van der Waals surface area contributed by atoms with Crippen LogP contribution in [-0.2, 0) is 16.6 Å². The number of aliphatic hydroxyl groups excluding tert-OH is 1. The van der Waals surface area contributed by atoms with Gasteiger partial charge in [0.1, 0.15) is 4.90 Å². The molecule has 2 rings (SSSR count). The van der Waals surface area contributed by atoms with E-state index in [1.54, 1.807) is 0 Å². The number of hydrogen-bond donors (Lipinski definition) is 1. The van der Waals surface area contributed by atoms with E-state index in [2.05, 4.69) is 13.8 Å². The number of aliphatic hydroxyl groups is 1. The highest BCUT2D eigenvalue weighted by atomic mass is 35.5. The first-order valence-electron chi connectivity index (χ1n) is 6.86. The predicted octanol–water partition coefficient (Wildman–Crippen LogP) is 3.15. The first-order valence-corrected chi connectivity index (χ1v) is 9.06. The fourth-order valence-corrected chi connectivity index (χ4v) is 4.99. The van der Waals surface area contributed by atoms with Gasteiger partial charge in [0.05, 0.1) is 11.6 Å². The second-order valence-electron chi connectivity index (χ2n) is 5.69. The van der Waals surface area contributed by atoms with Crippen LogP contribution in [0.3, 0.4) is 0 Å². The lowest BCUT2D eigenvalue weighted by atomic mass is 9.96. The summed E-state index contributed by atoms with van der Waals surface area (Å²) in [5.41, 5.74) is 0.322. The zero-order valence-electron chi connectivity index (χ0n) is 12.0. The molecule has 1 aliphatic heterocycles. The van der Waals surface area contributed by atoms with E-state index >= 15 is 0 Å². The molecule has 1 aromatic carbocycles. The van der Waals surface area contributed by atoms with Crippen molar-refractivity contribution < 1.29 is 13.5 Å². The highest BCUT2D eigenvalue weighted by molar-refractivity contribution is 7.89. The molecular weight excluding hydrogens is 333 g/mol. The summed E-state index contributed by atoms with van der Waals surface area (Å²) in [5, 5.41) is 9.56. The van der Waals surface area contributed by atoms with E-state index in [0.717, 1.165) is 6.42 Å². The predicted molar refractivity (Wildman–Crippen MR) is 84.1 cm³/mol. The third-order valence-electron chi connectivity index (χ3n) is 4.00. The van der Waals surface area contributed by atoms with Crippen LogP contribution in [0.5, 0.6) is 0 Å². The maximum Gasteiger partial charge on any atom is 0.244 e. The molecule has 0 aliphatic carbocycles. The van der Waals surface area contributed by atoms with Gasteiger partial charge in [0.15, 0.2) is 0 Å². The van der Waals surface area contributed by atoms with Crippen molar-refractivity contribution in [1.29, 1.82) is 0 Å². The van der Waals surface area contributed by atoms with Crippen molar-refractivity contribution in [3.8, 4) is 0 Å². The lowest BCUT2D eigenvalue weighted by Gasteiger charge is -2.19. The van der Waals surface area contributed by atoms with Crippen LogP contribution in [0.25, 0.3) is 0 Å². The molecule has 0 radical (unpaired) electrons. The second-order valence-corrected chi connectivity index (χ2v) is 8.41. The van der Waals surface area contributed by atoms with Crippen LogP contribution in [0.2, 0.25) is 10.0 Å². The number of sulfonamides is 1. The van der Waals surface area contributed by atoms with E-state index in [4.69, 9.17) is 23.2 Å². The largest absolute Gasteiger partial charge is 0.392 e. The molecule has 0 spiro atoms. The van der Waals surface area contributed by atoms with Crippen LogP contribution in [0.4, 0.5) is 0 Å². The smallest absolute Gasteiger partial charge is 0.244 e. The van der Waals surface area contributed by atoms with Crippen LogP contribution in [-0.4, -0.2) is 30.9 Å². The molecule has 118 valence electrons. The summed E-state index contributed by atoms with van der Waals surface area (Å²) in [5.74, 6) is 0.795. The zero-order chi connectivity index (χ0) is 15.8. The zero-order valence-corrected chi connectivity index (χ0v) is 14.3. The normalized spacial score (nSPS) is 20.4. The van der Waals surface area contributed by atoms with Gasteiger partial charge in [-0.05, 0) is 36.0 Å². The fourth-order valence-electron chi connectivity index (χ4n) is 2.58. The average molecular weight is 352 g/mol. The van der Waals surface area contributed by atoms with Gasteiger partial charge in [-0.2, -0.15) is 4.31 Å². The summed E-state index contributed by atoms with van der Waals surface area (Å²) in [6, 6.07) is 2.82. The summed E-state index contributed by atoms with van der Waals surface area (Å²) in [6.07, 6.45) is 0.849. The molecule has 7 heteroatoms. The quantitative estimate of drug-likeness (QED) is 0.906. The lowest BCUT2D eigenvalue weighted by Crippen LogP contribution is -2.30. The number of halogens is 2. The third-order valence-corrected chi connectivity index (χ3v) is 6.66. The number of nitrogens with zero attached hydrogens (tertiary/aromatic N) is 1. The molecule has 0 bridgehead atoms. The molecule has 1 heterocycles. The van der Waals surface area contributed by atoms with Crippen LogP contribution >= 0.6 is 23.2 Å². The minimum absolute atomic E-state index is 0.0230. The van der Waals surface area contributed by atoms with E-state index in [0.29, 0.717) is 30.5 Å². The van der Waals surface area contributed by atoms with Gasteiger partial charge in [-0.1, -0.05) is 37.0 Å². The van der Waals surface area contributed by atoms with E-state index < -0.39 is 10.0 Å². The van der Waals surface area contributed by atoms with Crippen molar-refractivity contribution >= 4 is 33.2 Å². The molecule has 1 fully saturated rings. The molecule has 0 amide bonds. The Balaban J connectivity index is 2.39. The maximum atomic E-state index is 12.7. The van der Waals surface area contributed by atoms with E-state index in [1.165, 1.54) is 16.4 Å². The van der Waals surface area contributed by atoms with Gasteiger partial charge in [0, 0.05) is 18.1 Å². The molecule has 1 aliphatic rings. The SMILES string of the molecule is CC(C)C1CCN(S(=O)(=O)c2cc(Cl)cc(CO)c2Cl)C1. The molecular formula is C14H19Cl2NO3S. The van der Waals surface area contributed by atoms with Gasteiger partial charge in [0.2, 0.25) is 10.0 Å². The Bertz CT molecular complexity index is 631. The van der Waals surface area contributed by atoms with Gasteiger partial charge < -0.3 is 5.11 Å². The average Bonchev–Trinajstić information content (AvgIpc) is 2.91. The molecule has 1 unspecified atom stereocenters. The highest BCUT2D eigenvalue weighted by Gasteiger charge is 2.35. The third kappa shape index (κ3) is 3.37. The van der Waals surface area contributed by atoms with Gasteiger partial charge in [0.25, 0.3) is 0 Å². The van der Waals surface area contributed by atoms with Gasteiger partial charge >= 0.3 is 0 Å². The standard InChI is InChI=1S/C14H19Cl2NO3S/c1-9(2)10-3-4-17(7-10)21(19,20)13-6-12(15)5-11(8-18)14(13)16/h5-6,9-10,18H,3-4,7-8H2,1-2H3. The van der Waals surface area contributed by atoms with Gasteiger partial charge in [-0.3, -0.25) is 0 Å². The number of rotatable bonds is 4. The summed E-state index contributed by atoms with van der Waals surface area (Å²) < 4.78 is 26.9.